The molecule has 0 saturated heterocycles. The molecule has 0 aliphatic heterocycles. The molecule has 0 fully saturated rings. The molecule has 3 aromatic rings. The molecule has 0 amide bonds. The Hall–Kier alpha value is -3.82. The lowest BCUT2D eigenvalue weighted by molar-refractivity contribution is 0.340. The van der Waals surface area contributed by atoms with Crippen molar-refractivity contribution in [3.63, 3.8) is 0 Å². The van der Waals surface area contributed by atoms with Crippen molar-refractivity contribution in [2.45, 2.75) is 20.8 Å². The Morgan fingerprint density at radius 3 is 2.16 bits per heavy atom. The largest absolute Gasteiger partial charge is 0.494 e. The summed E-state index contributed by atoms with van der Waals surface area (Å²) >= 11 is 5.63. The normalized spacial score (nSPS) is 10.5. The van der Waals surface area contributed by atoms with E-state index in [1.54, 1.807) is 28.8 Å². The van der Waals surface area contributed by atoms with Gasteiger partial charge in [-0.3, -0.25) is 4.57 Å². The van der Waals surface area contributed by atoms with E-state index < -0.39 is 0 Å². The van der Waals surface area contributed by atoms with E-state index in [2.05, 4.69) is 17.1 Å². The van der Waals surface area contributed by atoms with Crippen molar-refractivity contribution in [3.05, 3.63) is 40.0 Å². The first-order valence-electron chi connectivity index (χ1n) is 9.89. The average Bonchev–Trinajstić information content (AvgIpc) is 2.76. The maximum atomic E-state index is 9.97. The maximum absolute atomic E-state index is 9.97. The van der Waals surface area contributed by atoms with E-state index in [0.717, 1.165) is 0 Å². The van der Waals surface area contributed by atoms with E-state index in [1.807, 2.05) is 25.7 Å². The molecule has 9 heteroatoms. The van der Waals surface area contributed by atoms with Gasteiger partial charge in [-0.15, -0.1) is 0 Å². The number of hydrogen-bond donors (Lipinski definition) is 2. The lowest BCUT2D eigenvalue weighted by Gasteiger charge is -2.24. The van der Waals surface area contributed by atoms with Crippen molar-refractivity contribution in [1.29, 1.82) is 10.5 Å². The fourth-order valence-electron chi connectivity index (χ4n) is 3.62. The number of ether oxygens (including phenoxy) is 1. The highest BCUT2D eigenvalue weighted by atomic mass is 32.1. The number of nitriles is 2. The summed E-state index contributed by atoms with van der Waals surface area (Å²) in [7, 11) is 0. The molecule has 0 bridgehead atoms. The molecule has 4 N–H and O–H groups in total. The zero-order chi connectivity index (χ0) is 22.7. The van der Waals surface area contributed by atoms with E-state index in [4.69, 9.17) is 28.4 Å². The predicted octanol–water partition coefficient (Wildman–Crippen LogP) is 3.91. The molecule has 158 valence electrons. The first-order chi connectivity index (χ1) is 14.9. The van der Waals surface area contributed by atoms with Gasteiger partial charge in [0.1, 0.15) is 45.5 Å². The topological polar surface area (TPSA) is 130 Å². The van der Waals surface area contributed by atoms with Gasteiger partial charge < -0.3 is 21.1 Å². The second-order valence-corrected chi connectivity index (χ2v) is 7.06. The Kier molecular flexibility index (Phi) is 6.28. The minimum Gasteiger partial charge on any atom is -0.494 e. The second-order valence-electron chi connectivity index (χ2n) is 6.67. The van der Waals surface area contributed by atoms with Gasteiger partial charge in [0.25, 0.3) is 0 Å². The van der Waals surface area contributed by atoms with Crippen LogP contribution in [0.5, 0.6) is 5.75 Å². The number of hydrogen-bond acceptors (Lipinski definition) is 8. The van der Waals surface area contributed by atoms with Crippen LogP contribution in [-0.4, -0.2) is 29.2 Å². The molecule has 2 aromatic heterocycles. The molecule has 0 spiro atoms. The fraction of sp³-hybridized carbons (Fsp3) is 0.273. The van der Waals surface area contributed by atoms with Crippen LogP contribution < -0.4 is 21.1 Å². The third kappa shape index (κ3) is 3.60. The predicted molar refractivity (Wildman–Crippen MR) is 125 cm³/mol. The summed E-state index contributed by atoms with van der Waals surface area (Å²) in [6, 6.07) is 11.5. The Labute approximate surface area is 185 Å². The first kappa shape index (κ1) is 21.9. The summed E-state index contributed by atoms with van der Waals surface area (Å²) in [6.45, 7) is 7.61. The fourth-order valence-corrected chi connectivity index (χ4v) is 3.97. The van der Waals surface area contributed by atoms with Crippen molar-refractivity contribution in [1.82, 2.24) is 9.55 Å². The van der Waals surface area contributed by atoms with E-state index >= 15 is 0 Å². The minimum absolute atomic E-state index is 0.139. The van der Waals surface area contributed by atoms with E-state index in [-0.39, 0.29) is 27.4 Å². The third-order valence-corrected chi connectivity index (χ3v) is 5.45. The van der Waals surface area contributed by atoms with Crippen LogP contribution in [0.4, 0.5) is 17.5 Å². The highest BCUT2D eigenvalue weighted by Gasteiger charge is 2.24. The molecule has 3 rings (SSSR count). The van der Waals surface area contributed by atoms with E-state index in [9.17, 15) is 10.5 Å². The molecule has 0 atom stereocenters. The van der Waals surface area contributed by atoms with Gasteiger partial charge in [-0.2, -0.15) is 10.5 Å². The number of aromatic nitrogens is 2. The molecule has 1 aromatic carbocycles. The summed E-state index contributed by atoms with van der Waals surface area (Å²) in [5, 5.41) is 20.6. The maximum Gasteiger partial charge on any atom is 0.149 e. The Balaban J connectivity index is 2.44. The second kappa shape index (κ2) is 8.90. The van der Waals surface area contributed by atoms with Crippen LogP contribution in [0.3, 0.4) is 0 Å². The molecular formula is C22H23N7OS. The van der Waals surface area contributed by atoms with Gasteiger partial charge in [-0.1, -0.05) is 12.2 Å². The van der Waals surface area contributed by atoms with E-state index in [0.29, 0.717) is 47.7 Å². The van der Waals surface area contributed by atoms with Gasteiger partial charge in [0.15, 0.2) is 0 Å². The first-order valence-corrected chi connectivity index (χ1v) is 10.3. The van der Waals surface area contributed by atoms with Gasteiger partial charge in [0, 0.05) is 24.2 Å². The monoisotopic (exact) mass is 433 g/mol. The van der Waals surface area contributed by atoms with Crippen LogP contribution in [-0.2, 0) is 0 Å². The quantitative estimate of drug-likeness (QED) is 0.560. The van der Waals surface area contributed by atoms with Crippen LogP contribution in [0, 0.1) is 27.3 Å². The standard InChI is InChI=1S/C22H23N7OS/c1-4-28(5-2)21-15(11-23)17-16(12-24)22(31)29(20(26)18(17)19(25)27-21)13-7-9-14(10-8-13)30-6-3/h7-10H,4-6,26H2,1-3H3,(H2,25,27). The summed E-state index contributed by atoms with van der Waals surface area (Å²) in [4.78, 5) is 6.38. The number of rotatable bonds is 6. The molecule has 8 nitrogen and oxygen atoms in total. The average molecular weight is 434 g/mol. The number of nitrogens with two attached hydrogens (primary N) is 2. The smallest absolute Gasteiger partial charge is 0.149 e. The highest BCUT2D eigenvalue weighted by molar-refractivity contribution is 7.71. The van der Waals surface area contributed by atoms with Gasteiger partial charge in [0.2, 0.25) is 0 Å². The number of nitrogen functional groups attached to an aromatic ring is 2. The molecule has 31 heavy (non-hydrogen) atoms. The van der Waals surface area contributed by atoms with Gasteiger partial charge >= 0.3 is 0 Å². The molecule has 0 unspecified atom stereocenters. The van der Waals surface area contributed by atoms with Crippen molar-refractivity contribution < 1.29 is 4.74 Å². The van der Waals surface area contributed by atoms with Gasteiger partial charge in [-0.25, -0.2) is 4.98 Å². The third-order valence-electron chi connectivity index (χ3n) is 5.06. The SMILES string of the molecule is CCOc1ccc(-n2c(N)c3c(N)nc(N(CC)CC)c(C#N)c3c(C#N)c2=S)cc1. The van der Waals surface area contributed by atoms with Crippen LogP contribution in [0.1, 0.15) is 31.9 Å². The van der Waals surface area contributed by atoms with Crippen LogP contribution in [0.2, 0.25) is 0 Å². The minimum atomic E-state index is 0.139. The number of anilines is 3. The van der Waals surface area contributed by atoms with Crippen molar-refractivity contribution in [3.8, 4) is 23.6 Å². The van der Waals surface area contributed by atoms with Crippen LogP contribution in [0.15, 0.2) is 24.3 Å². The van der Waals surface area contributed by atoms with Crippen molar-refractivity contribution in [2.75, 3.05) is 36.1 Å². The molecule has 0 aliphatic rings. The van der Waals surface area contributed by atoms with Gasteiger partial charge in [0.05, 0.1) is 17.6 Å². The molecule has 0 saturated carbocycles. The highest BCUT2D eigenvalue weighted by Crippen LogP contribution is 2.37. The van der Waals surface area contributed by atoms with Gasteiger partial charge in [-0.05, 0) is 45.0 Å². The number of benzene rings is 1. The molecule has 0 radical (unpaired) electrons. The van der Waals surface area contributed by atoms with Crippen molar-refractivity contribution >= 4 is 40.4 Å². The number of pyridine rings is 2. The Bertz CT molecular complexity index is 1280. The van der Waals surface area contributed by atoms with Crippen LogP contribution >= 0.6 is 12.2 Å². The summed E-state index contributed by atoms with van der Waals surface area (Å²) in [5.41, 5.74) is 13.9. The lowest BCUT2D eigenvalue weighted by atomic mass is 10.0. The van der Waals surface area contributed by atoms with Crippen LogP contribution in [0.25, 0.3) is 16.5 Å². The molecule has 0 aliphatic carbocycles. The zero-order valence-electron chi connectivity index (χ0n) is 17.6. The number of fused-ring (bicyclic) bond motifs is 1. The Morgan fingerprint density at radius 2 is 1.65 bits per heavy atom. The zero-order valence-corrected chi connectivity index (χ0v) is 18.5. The van der Waals surface area contributed by atoms with Crippen molar-refractivity contribution in [2.24, 2.45) is 0 Å². The lowest BCUT2D eigenvalue weighted by Crippen LogP contribution is -2.25. The summed E-state index contributed by atoms with van der Waals surface area (Å²) in [6.07, 6.45) is 0. The molecular weight excluding hydrogens is 410 g/mol. The molecule has 2 heterocycles. The van der Waals surface area contributed by atoms with E-state index in [1.165, 1.54) is 0 Å². The summed E-state index contributed by atoms with van der Waals surface area (Å²) < 4.78 is 7.26. The Morgan fingerprint density at radius 1 is 1.03 bits per heavy atom. The summed E-state index contributed by atoms with van der Waals surface area (Å²) in [5.74, 6) is 1.48. The number of nitrogens with zero attached hydrogens (tertiary/aromatic N) is 5.